The van der Waals surface area contributed by atoms with Crippen molar-refractivity contribution in [1.82, 2.24) is 0 Å². The molecule has 0 bridgehead atoms. The van der Waals surface area contributed by atoms with Gasteiger partial charge in [0.05, 0.1) is 36.2 Å². The van der Waals surface area contributed by atoms with Crippen molar-refractivity contribution in [3.63, 3.8) is 0 Å². The number of allylic oxidation sites excluding steroid dienone is 4. The first-order valence-electron chi connectivity index (χ1n) is 18.2. The van der Waals surface area contributed by atoms with E-state index in [1.807, 2.05) is 66.7 Å². The van der Waals surface area contributed by atoms with Crippen LogP contribution < -0.4 is 9.80 Å². The fraction of sp³-hybridized carbons (Fsp3) is 0.273. The Balaban J connectivity index is 1.19. The molecular weight excluding hydrogens is 671 g/mol. The Morgan fingerprint density at radius 3 is 2.15 bits per heavy atom. The van der Waals surface area contributed by atoms with Gasteiger partial charge in [0.25, 0.3) is 0 Å². The van der Waals surface area contributed by atoms with Crippen molar-refractivity contribution in [1.29, 1.82) is 0 Å². The van der Waals surface area contributed by atoms with Gasteiger partial charge in [0.1, 0.15) is 0 Å². The summed E-state index contributed by atoms with van der Waals surface area (Å²) >= 11 is 0. The lowest BCUT2D eigenvalue weighted by atomic mass is 9.44. The Morgan fingerprint density at radius 2 is 1.45 bits per heavy atom. The maximum absolute atomic E-state index is 15.3. The number of rotatable bonds is 5. The molecule has 0 spiro atoms. The minimum atomic E-state index is -1.48. The molecule has 1 N–H and O–H groups in total. The summed E-state index contributed by atoms with van der Waals surface area (Å²) in [7, 11) is 0. The second-order valence-corrected chi connectivity index (χ2v) is 14.6. The van der Waals surface area contributed by atoms with E-state index in [0.29, 0.717) is 41.2 Å². The van der Waals surface area contributed by atoms with Crippen LogP contribution in [-0.4, -0.2) is 54.8 Å². The summed E-state index contributed by atoms with van der Waals surface area (Å²) in [6.07, 6.45) is 3.79. The molecule has 2 amide bonds. The molecule has 2 saturated heterocycles. The SMILES string of the molecule is O=C1C(c2ccccc2)=CC(=O)[C@@]2(c3ccccc3)[C@@H](c3ccc(O)c(F)c3)C3=CC[C@@H]4C(=O)N(c5ccc(N6CCOCC6)cc5)C(=O)[C@@H]4[C@@H]3C[C@@H]12. The number of carbonyl (C=O) groups is 4. The van der Waals surface area contributed by atoms with E-state index >= 15 is 14.0 Å². The summed E-state index contributed by atoms with van der Waals surface area (Å²) in [5.74, 6) is -6.38. The lowest BCUT2D eigenvalue weighted by Gasteiger charge is -2.55. The van der Waals surface area contributed by atoms with Gasteiger partial charge in [-0.3, -0.25) is 24.1 Å². The first-order valence-corrected chi connectivity index (χ1v) is 18.2. The number of hydrogen-bond donors (Lipinski definition) is 1. The maximum Gasteiger partial charge on any atom is 0.238 e. The molecule has 8 nitrogen and oxygen atoms in total. The highest BCUT2D eigenvalue weighted by Gasteiger charge is 2.66. The van der Waals surface area contributed by atoms with Crippen LogP contribution in [0.3, 0.4) is 0 Å². The molecule has 1 saturated carbocycles. The largest absolute Gasteiger partial charge is 0.505 e. The van der Waals surface area contributed by atoms with Crippen LogP contribution in [0.15, 0.2) is 121 Å². The normalized spacial score (nSPS) is 28.2. The van der Waals surface area contributed by atoms with Gasteiger partial charge in [-0.25, -0.2) is 4.39 Å². The zero-order valence-electron chi connectivity index (χ0n) is 28.9. The maximum atomic E-state index is 15.3. The molecule has 0 radical (unpaired) electrons. The minimum absolute atomic E-state index is 0.149. The highest BCUT2D eigenvalue weighted by Crippen LogP contribution is 2.63. The number of ether oxygens (including phenoxy) is 1. The zero-order chi connectivity index (χ0) is 36.4. The first kappa shape index (κ1) is 33.2. The number of carbonyl (C=O) groups excluding carboxylic acids is 4. The van der Waals surface area contributed by atoms with Crippen molar-refractivity contribution < 1.29 is 33.4 Å². The van der Waals surface area contributed by atoms with Gasteiger partial charge in [0, 0.05) is 36.2 Å². The second-order valence-electron chi connectivity index (χ2n) is 14.6. The molecule has 3 fully saturated rings. The average Bonchev–Trinajstić information content (AvgIpc) is 3.46. The number of hydrogen-bond acceptors (Lipinski definition) is 7. The number of Topliss-reactive ketones (excluding diaryl/α,β-unsaturated/α-hetero) is 1. The Bertz CT molecular complexity index is 2210. The lowest BCUT2D eigenvalue weighted by Crippen LogP contribution is -2.58. The van der Waals surface area contributed by atoms with Crippen LogP contribution in [0.2, 0.25) is 0 Å². The summed E-state index contributed by atoms with van der Waals surface area (Å²) in [5.41, 5.74) is 2.65. The number of fused-ring (bicyclic) bond motifs is 4. The highest BCUT2D eigenvalue weighted by molar-refractivity contribution is 6.32. The first-order chi connectivity index (χ1) is 25.8. The molecule has 5 aliphatic rings. The number of benzene rings is 4. The zero-order valence-corrected chi connectivity index (χ0v) is 28.9. The van der Waals surface area contributed by atoms with Crippen LogP contribution in [-0.2, 0) is 29.3 Å². The van der Waals surface area contributed by atoms with E-state index in [2.05, 4.69) is 4.90 Å². The van der Waals surface area contributed by atoms with E-state index in [1.165, 1.54) is 23.1 Å². The summed E-state index contributed by atoms with van der Waals surface area (Å²) < 4.78 is 20.8. The molecule has 6 atom stereocenters. The number of anilines is 2. The molecule has 3 aliphatic carbocycles. The monoisotopic (exact) mass is 708 g/mol. The number of phenols is 1. The van der Waals surface area contributed by atoms with Gasteiger partial charge in [0.2, 0.25) is 11.8 Å². The number of aromatic hydroxyl groups is 1. The molecule has 4 aromatic carbocycles. The summed E-state index contributed by atoms with van der Waals surface area (Å²) in [4.78, 5) is 62.5. The van der Waals surface area contributed by atoms with E-state index in [1.54, 1.807) is 30.3 Å². The van der Waals surface area contributed by atoms with Crippen LogP contribution in [0.4, 0.5) is 15.8 Å². The quantitative estimate of drug-likeness (QED) is 0.189. The number of amides is 2. The second kappa shape index (κ2) is 12.8. The van der Waals surface area contributed by atoms with E-state index in [4.69, 9.17) is 4.74 Å². The molecule has 2 aliphatic heterocycles. The number of nitrogens with zero attached hydrogens (tertiary/aromatic N) is 2. The number of ketones is 2. The number of morpholine rings is 1. The van der Waals surface area contributed by atoms with Gasteiger partial charge in [-0.1, -0.05) is 78.4 Å². The fourth-order valence-electron chi connectivity index (χ4n) is 9.84. The van der Waals surface area contributed by atoms with E-state index < -0.39 is 46.6 Å². The van der Waals surface area contributed by atoms with Crippen molar-refractivity contribution in [2.45, 2.75) is 24.2 Å². The van der Waals surface area contributed by atoms with Gasteiger partial charge >= 0.3 is 0 Å². The van der Waals surface area contributed by atoms with Gasteiger partial charge in [-0.15, -0.1) is 0 Å². The van der Waals surface area contributed by atoms with Crippen molar-refractivity contribution in [3.8, 4) is 5.75 Å². The van der Waals surface area contributed by atoms with Crippen LogP contribution in [0.1, 0.15) is 35.4 Å². The molecule has 53 heavy (non-hydrogen) atoms. The third kappa shape index (κ3) is 5.05. The van der Waals surface area contributed by atoms with Crippen LogP contribution in [0.25, 0.3) is 5.57 Å². The lowest BCUT2D eigenvalue weighted by molar-refractivity contribution is -0.135. The number of phenolic OH excluding ortho intramolecular Hbond substituents is 1. The van der Waals surface area contributed by atoms with Crippen molar-refractivity contribution in [2.24, 2.45) is 23.7 Å². The minimum Gasteiger partial charge on any atom is -0.505 e. The van der Waals surface area contributed by atoms with E-state index in [-0.39, 0.29) is 36.2 Å². The van der Waals surface area contributed by atoms with Crippen molar-refractivity contribution in [3.05, 3.63) is 143 Å². The Morgan fingerprint density at radius 1 is 0.774 bits per heavy atom. The highest BCUT2D eigenvalue weighted by atomic mass is 19.1. The molecule has 2 heterocycles. The van der Waals surface area contributed by atoms with Gasteiger partial charge < -0.3 is 14.7 Å². The van der Waals surface area contributed by atoms with Crippen LogP contribution >= 0.6 is 0 Å². The Labute approximate surface area is 306 Å². The predicted molar refractivity (Wildman–Crippen MR) is 197 cm³/mol. The van der Waals surface area contributed by atoms with E-state index in [9.17, 15) is 14.7 Å². The van der Waals surface area contributed by atoms with Crippen LogP contribution in [0, 0.1) is 29.5 Å². The predicted octanol–water partition coefficient (Wildman–Crippen LogP) is 6.40. The van der Waals surface area contributed by atoms with Crippen LogP contribution in [0.5, 0.6) is 5.75 Å². The number of halogens is 1. The van der Waals surface area contributed by atoms with Crippen molar-refractivity contribution >= 4 is 40.3 Å². The molecule has 0 unspecified atom stereocenters. The third-order valence-corrected chi connectivity index (χ3v) is 12.2. The summed E-state index contributed by atoms with van der Waals surface area (Å²) in [6.45, 7) is 2.76. The van der Waals surface area contributed by atoms with Gasteiger partial charge in [0.15, 0.2) is 23.1 Å². The Hall–Kier alpha value is -5.67. The molecule has 9 rings (SSSR count). The Kier molecular flexibility index (Phi) is 8.00. The smallest absolute Gasteiger partial charge is 0.238 e. The summed E-state index contributed by atoms with van der Waals surface area (Å²) in [6, 6.07) is 29.7. The fourth-order valence-corrected chi connectivity index (χ4v) is 9.84. The topological polar surface area (TPSA) is 104 Å². The molecule has 266 valence electrons. The molecule has 9 heteroatoms. The number of imide groups is 1. The standard InChI is InChI=1S/C44H37FN2O6/c45-36-23-27(11-18-37(36)48)40-31-16-17-32-39(43(52)47(42(32)51)30-14-12-29(13-15-30)46-19-21-53-22-20-46)34(31)24-35-41(50)33(26-7-3-1-4-8-26)25-38(49)44(35,40)28-9-5-2-6-10-28/h1-16,18,23,25,32,34-35,39-40,48H,17,19-22,24H2/t32-,34+,35-,39-,40-,44-/m0/s1. The van der Waals surface area contributed by atoms with Gasteiger partial charge in [-0.05, 0) is 77.9 Å². The van der Waals surface area contributed by atoms with E-state index in [0.717, 1.165) is 24.4 Å². The van der Waals surface area contributed by atoms with Crippen molar-refractivity contribution in [2.75, 3.05) is 36.1 Å². The van der Waals surface area contributed by atoms with Gasteiger partial charge in [-0.2, -0.15) is 0 Å². The third-order valence-electron chi connectivity index (χ3n) is 12.2. The molecule has 0 aromatic heterocycles. The molecule has 4 aromatic rings. The average molecular weight is 709 g/mol. The molecular formula is C44H37FN2O6. The summed E-state index contributed by atoms with van der Waals surface area (Å²) in [5, 5.41) is 10.2.